The number of rotatable bonds is 4. The number of amides is 1. The minimum atomic E-state index is -0.579. The van der Waals surface area contributed by atoms with Crippen molar-refractivity contribution in [3.05, 3.63) is 23.0 Å². The van der Waals surface area contributed by atoms with Crippen molar-refractivity contribution >= 4 is 28.9 Å². The number of hydrogen-bond donors (Lipinski definition) is 3. The Morgan fingerprint density at radius 3 is 2.56 bits per heavy atom. The fourth-order valence-electron chi connectivity index (χ4n) is 1.40. The molecule has 1 amide bonds. The second kappa shape index (κ2) is 5.91. The van der Waals surface area contributed by atoms with Crippen molar-refractivity contribution in [2.45, 2.75) is 32.9 Å². The van der Waals surface area contributed by atoms with Gasteiger partial charge in [-0.2, -0.15) is 0 Å². The zero-order valence-electron chi connectivity index (χ0n) is 10.6. The van der Waals surface area contributed by atoms with Crippen molar-refractivity contribution in [1.82, 2.24) is 5.32 Å². The summed E-state index contributed by atoms with van der Waals surface area (Å²) in [5.74, 6) is -0.760. The number of anilines is 2. The molecule has 1 atom stereocenters. The molecular weight excluding hydrogens is 257 g/mol. The van der Waals surface area contributed by atoms with Crippen LogP contribution in [0.4, 0.5) is 15.8 Å². The molecule has 0 aromatic heterocycles. The second-order valence-electron chi connectivity index (χ2n) is 4.38. The van der Waals surface area contributed by atoms with E-state index < -0.39 is 11.9 Å². The summed E-state index contributed by atoms with van der Waals surface area (Å²) in [5.41, 5.74) is 6.34. The van der Waals surface area contributed by atoms with Crippen LogP contribution in [0.3, 0.4) is 0 Å². The number of nitrogens with two attached hydrogens (primary N) is 1. The molecule has 100 valence electrons. The number of nitrogen functional groups attached to an aromatic ring is 1. The molecule has 0 aliphatic rings. The molecule has 0 aliphatic heterocycles. The minimum Gasteiger partial charge on any atom is -0.397 e. The van der Waals surface area contributed by atoms with Crippen LogP contribution < -0.4 is 16.4 Å². The van der Waals surface area contributed by atoms with E-state index in [4.69, 9.17) is 17.3 Å². The zero-order valence-corrected chi connectivity index (χ0v) is 11.3. The van der Waals surface area contributed by atoms with Crippen LogP contribution in [0.2, 0.25) is 5.02 Å². The van der Waals surface area contributed by atoms with Gasteiger partial charge in [-0.3, -0.25) is 4.79 Å². The highest BCUT2D eigenvalue weighted by atomic mass is 35.5. The van der Waals surface area contributed by atoms with E-state index in [1.165, 1.54) is 12.1 Å². The lowest BCUT2D eigenvalue weighted by Gasteiger charge is -2.18. The van der Waals surface area contributed by atoms with Crippen LogP contribution in [0.15, 0.2) is 12.1 Å². The molecule has 18 heavy (non-hydrogen) atoms. The molecule has 0 bridgehead atoms. The quantitative estimate of drug-likeness (QED) is 0.738. The Labute approximate surface area is 111 Å². The van der Waals surface area contributed by atoms with Gasteiger partial charge in [-0.25, -0.2) is 4.39 Å². The molecule has 0 radical (unpaired) electrons. The van der Waals surface area contributed by atoms with E-state index in [2.05, 4.69) is 10.6 Å². The van der Waals surface area contributed by atoms with Gasteiger partial charge < -0.3 is 16.4 Å². The molecule has 0 spiro atoms. The van der Waals surface area contributed by atoms with Crippen LogP contribution in [0.5, 0.6) is 0 Å². The molecule has 4 N–H and O–H groups in total. The van der Waals surface area contributed by atoms with Crippen molar-refractivity contribution in [2.24, 2.45) is 0 Å². The predicted molar refractivity (Wildman–Crippen MR) is 72.2 cm³/mol. The number of carbonyl (C=O) groups excluding carboxylic acids is 1. The van der Waals surface area contributed by atoms with Gasteiger partial charge in [-0.1, -0.05) is 11.6 Å². The van der Waals surface area contributed by atoms with Gasteiger partial charge in [0.2, 0.25) is 5.91 Å². The van der Waals surface area contributed by atoms with Gasteiger partial charge in [0.25, 0.3) is 0 Å². The van der Waals surface area contributed by atoms with E-state index in [0.717, 1.165) is 0 Å². The first-order chi connectivity index (χ1) is 8.31. The Balaban J connectivity index is 2.79. The number of nitrogens with one attached hydrogen (secondary N) is 2. The van der Waals surface area contributed by atoms with Crippen molar-refractivity contribution in [3.8, 4) is 0 Å². The van der Waals surface area contributed by atoms with Crippen LogP contribution in [0.25, 0.3) is 0 Å². The molecule has 1 aromatic carbocycles. The molecule has 0 heterocycles. The normalized spacial score (nSPS) is 12.3. The van der Waals surface area contributed by atoms with Crippen LogP contribution in [0, 0.1) is 5.82 Å². The van der Waals surface area contributed by atoms with E-state index >= 15 is 0 Å². The lowest BCUT2D eigenvalue weighted by atomic mass is 10.2. The first-order valence-corrected chi connectivity index (χ1v) is 6.00. The Bertz CT molecular complexity index is 451. The van der Waals surface area contributed by atoms with E-state index in [9.17, 15) is 9.18 Å². The van der Waals surface area contributed by atoms with E-state index in [-0.39, 0.29) is 17.0 Å². The molecule has 1 unspecified atom stereocenters. The topological polar surface area (TPSA) is 67.2 Å². The summed E-state index contributed by atoms with van der Waals surface area (Å²) in [6.45, 7) is 5.39. The summed E-state index contributed by atoms with van der Waals surface area (Å²) in [4.78, 5) is 11.7. The second-order valence-corrected chi connectivity index (χ2v) is 4.79. The maximum absolute atomic E-state index is 13.3. The molecule has 0 saturated carbocycles. The molecule has 1 aromatic rings. The molecule has 0 saturated heterocycles. The van der Waals surface area contributed by atoms with E-state index in [1.807, 2.05) is 13.8 Å². The third kappa shape index (κ3) is 3.77. The summed E-state index contributed by atoms with van der Waals surface area (Å²) < 4.78 is 13.3. The van der Waals surface area contributed by atoms with Gasteiger partial charge in [0, 0.05) is 12.1 Å². The predicted octanol–water partition coefficient (Wildman–Crippen LogP) is 2.39. The van der Waals surface area contributed by atoms with Crippen molar-refractivity contribution in [2.75, 3.05) is 11.1 Å². The van der Waals surface area contributed by atoms with Crippen LogP contribution >= 0.6 is 11.6 Å². The Kier molecular flexibility index (Phi) is 4.78. The largest absolute Gasteiger partial charge is 0.397 e. The van der Waals surface area contributed by atoms with Gasteiger partial charge in [-0.05, 0) is 26.8 Å². The maximum atomic E-state index is 13.3. The zero-order chi connectivity index (χ0) is 13.9. The summed E-state index contributed by atoms with van der Waals surface area (Å²) in [7, 11) is 0. The van der Waals surface area contributed by atoms with E-state index in [0.29, 0.717) is 11.4 Å². The highest BCUT2D eigenvalue weighted by Crippen LogP contribution is 2.26. The van der Waals surface area contributed by atoms with Gasteiger partial charge in [0.05, 0.1) is 16.4 Å². The van der Waals surface area contributed by atoms with Crippen LogP contribution in [-0.2, 0) is 4.79 Å². The van der Waals surface area contributed by atoms with Crippen molar-refractivity contribution in [1.29, 1.82) is 0 Å². The summed E-state index contributed by atoms with van der Waals surface area (Å²) in [6.07, 6.45) is 0. The number of hydrogen-bond acceptors (Lipinski definition) is 3. The summed E-state index contributed by atoms with van der Waals surface area (Å²) in [6, 6.07) is 2.01. The highest BCUT2D eigenvalue weighted by Gasteiger charge is 2.15. The SMILES string of the molecule is CC(C)NC(=O)C(C)Nc1cc(F)c(Cl)cc1N. The molecule has 0 aliphatic carbocycles. The first-order valence-electron chi connectivity index (χ1n) is 5.62. The maximum Gasteiger partial charge on any atom is 0.242 e. The van der Waals surface area contributed by atoms with Gasteiger partial charge in [0.1, 0.15) is 11.9 Å². The number of benzene rings is 1. The Morgan fingerprint density at radius 2 is 2.00 bits per heavy atom. The smallest absolute Gasteiger partial charge is 0.242 e. The van der Waals surface area contributed by atoms with E-state index in [1.54, 1.807) is 6.92 Å². The van der Waals surface area contributed by atoms with Gasteiger partial charge in [-0.15, -0.1) is 0 Å². The van der Waals surface area contributed by atoms with Crippen LogP contribution in [-0.4, -0.2) is 18.0 Å². The molecular formula is C12H17ClFN3O. The molecule has 6 heteroatoms. The number of halogens is 2. The Morgan fingerprint density at radius 1 is 1.39 bits per heavy atom. The number of carbonyl (C=O) groups is 1. The standard InChI is InChI=1S/C12H17ClFN3O/c1-6(2)16-12(18)7(3)17-11-5-9(14)8(13)4-10(11)15/h4-7,17H,15H2,1-3H3,(H,16,18). The summed E-state index contributed by atoms with van der Waals surface area (Å²) in [5, 5.41) is 5.55. The molecule has 1 rings (SSSR count). The Hall–Kier alpha value is -1.49. The van der Waals surface area contributed by atoms with Crippen molar-refractivity contribution in [3.63, 3.8) is 0 Å². The third-order valence-electron chi connectivity index (χ3n) is 2.29. The minimum absolute atomic E-state index is 0.0426. The highest BCUT2D eigenvalue weighted by molar-refractivity contribution is 6.31. The summed E-state index contributed by atoms with van der Waals surface area (Å²) >= 11 is 5.59. The van der Waals surface area contributed by atoms with Crippen molar-refractivity contribution < 1.29 is 9.18 Å². The fourth-order valence-corrected chi connectivity index (χ4v) is 1.57. The van der Waals surface area contributed by atoms with Crippen LogP contribution in [0.1, 0.15) is 20.8 Å². The first kappa shape index (κ1) is 14.6. The lowest BCUT2D eigenvalue weighted by molar-refractivity contribution is -0.122. The monoisotopic (exact) mass is 273 g/mol. The average molecular weight is 274 g/mol. The van der Waals surface area contributed by atoms with Gasteiger partial charge in [0.15, 0.2) is 0 Å². The average Bonchev–Trinajstić information content (AvgIpc) is 2.24. The molecule has 4 nitrogen and oxygen atoms in total. The third-order valence-corrected chi connectivity index (χ3v) is 2.58. The van der Waals surface area contributed by atoms with Gasteiger partial charge >= 0.3 is 0 Å². The fraction of sp³-hybridized carbons (Fsp3) is 0.417. The molecule has 0 fully saturated rings. The lowest BCUT2D eigenvalue weighted by Crippen LogP contribution is -2.41.